The third kappa shape index (κ3) is 3.92. The fourth-order valence-electron chi connectivity index (χ4n) is 0.763. The van der Waals surface area contributed by atoms with Crippen molar-refractivity contribution >= 4 is 6.01 Å². The molecule has 0 aliphatic heterocycles. The monoisotopic (exact) mass is 127 g/mol. The van der Waals surface area contributed by atoms with Crippen LogP contribution in [0.15, 0.2) is 0 Å². The first-order chi connectivity index (χ1) is 4.35. The third-order valence-electron chi connectivity index (χ3n) is 1.15. The Morgan fingerprint density at radius 1 is 1.22 bits per heavy atom. The summed E-state index contributed by atoms with van der Waals surface area (Å²) in [6.07, 6.45) is 2.21. The Hall–Kier alpha value is -0.620. The van der Waals surface area contributed by atoms with Crippen LogP contribution in [0.3, 0.4) is 0 Å². The van der Waals surface area contributed by atoms with Crippen LogP contribution >= 0.6 is 0 Å². The lowest BCUT2D eigenvalue weighted by Gasteiger charge is -1.96. The second-order valence-corrected chi connectivity index (χ2v) is 2.10. The molecule has 0 aliphatic rings. The van der Waals surface area contributed by atoms with Crippen molar-refractivity contribution in [3.63, 3.8) is 0 Å². The number of rotatable bonds is 4. The second-order valence-electron chi connectivity index (χ2n) is 2.10. The van der Waals surface area contributed by atoms with E-state index in [9.17, 15) is 0 Å². The SMILES string of the molecule is CCC[N+](=C=N)CCC. The Balaban J connectivity index is 3.57. The van der Waals surface area contributed by atoms with Gasteiger partial charge in [0.1, 0.15) is 0 Å². The van der Waals surface area contributed by atoms with Crippen molar-refractivity contribution < 1.29 is 4.58 Å². The van der Waals surface area contributed by atoms with E-state index in [2.05, 4.69) is 19.9 Å². The molecule has 2 heteroatoms. The van der Waals surface area contributed by atoms with Gasteiger partial charge >= 0.3 is 6.01 Å². The molecule has 0 spiro atoms. The summed E-state index contributed by atoms with van der Waals surface area (Å²) in [6.45, 7) is 6.16. The van der Waals surface area contributed by atoms with E-state index in [0.29, 0.717) is 0 Å². The molecule has 2 nitrogen and oxygen atoms in total. The Morgan fingerprint density at radius 3 is 1.89 bits per heavy atom. The Bertz CT molecular complexity index is 104. The molecule has 52 valence electrons. The summed E-state index contributed by atoms with van der Waals surface area (Å²) in [7, 11) is 0. The second kappa shape index (κ2) is 5.52. The maximum absolute atomic E-state index is 6.84. The molecule has 0 radical (unpaired) electrons. The lowest BCUT2D eigenvalue weighted by molar-refractivity contribution is -0.522. The van der Waals surface area contributed by atoms with E-state index in [4.69, 9.17) is 5.41 Å². The van der Waals surface area contributed by atoms with Crippen molar-refractivity contribution in [2.75, 3.05) is 13.1 Å². The number of hydrogen-bond donors (Lipinski definition) is 1. The van der Waals surface area contributed by atoms with Gasteiger partial charge in [0, 0.05) is 0 Å². The van der Waals surface area contributed by atoms with E-state index < -0.39 is 0 Å². The molecule has 1 N–H and O–H groups in total. The topological polar surface area (TPSA) is 26.9 Å². The highest BCUT2D eigenvalue weighted by atomic mass is 15.0. The van der Waals surface area contributed by atoms with Gasteiger partial charge in [-0.1, -0.05) is 19.3 Å². The molecule has 0 aromatic carbocycles. The van der Waals surface area contributed by atoms with Crippen molar-refractivity contribution in [2.45, 2.75) is 26.7 Å². The van der Waals surface area contributed by atoms with E-state index in [0.717, 1.165) is 25.9 Å². The first-order valence-electron chi connectivity index (χ1n) is 3.52. The molecular weight excluding hydrogens is 112 g/mol. The summed E-state index contributed by atoms with van der Waals surface area (Å²) in [4.78, 5) is 0. The largest absolute Gasteiger partial charge is 0.303 e. The fourth-order valence-corrected chi connectivity index (χ4v) is 0.763. The minimum atomic E-state index is 0.970. The van der Waals surface area contributed by atoms with Crippen LogP contribution in [0.25, 0.3) is 0 Å². The summed E-state index contributed by atoms with van der Waals surface area (Å²) >= 11 is 0. The van der Waals surface area contributed by atoms with Gasteiger partial charge in [-0.05, 0) is 12.8 Å². The fraction of sp³-hybridized carbons (Fsp3) is 0.857. The van der Waals surface area contributed by atoms with Crippen LogP contribution < -0.4 is 0 Å². The van der Waals surface area contributed by atoms with E-state index in [1.165, 1.54) is 0 Å². The molecule has 0 rings (SSSR count). The Morgan fingerprint density at radius 2 is 1.67 bits per heavy atom. The van der Waals surface area contributed by atoms with E-state index >= 15 is 0 Å². The molecule has 0 atom stereocenters. The zero-order chi connectivity index (χ0) is 7.11. The van der Waals surface area contributed by atoms with Gasteiger partial charge in [-0.25, -0.2) is 4.58 Å². The van der Waals surface area contributed by atoms with Gasteiger partial charge < -0.3 is 0 Å². The quantitative estimate of drug-likeness (QED) is 0.438. The van der Waals surface area contributed by atoms with Gasteiger partial charge in [0.15, 0.2) is 0 Å². The van der Waals surface area contributed by atoms with Crippen molar-refractivity contribution in [3.8, 4) is 0 Å². The predicted molar refractivity (Wildman–Crippen MR) is 38.3 cm³/mol. The maximum Gasteiger partial charge on any atom is 0.303 e. The zero-order valence-corrected chi connectivity index (χ0v) is 6.28. The first kappa shape index (κ1) is 8.38. The summed E-state index contributed by atoms with van der Waals surface area (Å²) in [5.41, 5.74) is 0. The molecule has 0 aromatic heterocycles. The molecular formula is C7H15N2+. The smallest absolute Gasteiger partial charge is 0.220 e. The average molecular weight is 127 g/mol. The van der Waals surface area contributed by atoms with Crippen LogP contribution in [0.5, 0.6) is 0 Å². The van der Waals surface area contributed by atoms with E-state index in [-0.39, 0.29) is 0 Å². The molecule has 0 fully saturated rings. The molecule has 0 saturated heterocycles. The Kier molecular flexibility index (Phi) is 5.14. The van der Waals surface area contributed by atoms with Gasteiger partial charge in [0.05, 0.1) is 13.1 Å². The number of hydrogen-bond acceptors (Lipinski definition) is 1. The molecule has 0 aromatic rings. The standard InChI is InChI=1S/C7H15N2/c1-3-5-9(7-8)6-4-2/h8H,3-6H2,1-2H3/q+1. The highest BCUT2D eigenvalue weighted by molar-refractivity contribution is 5.27. The maximum atomic E-state index is 6.84. The highest BCUT2D eigenvalue weighted by Crippen LogP contribution is 1.81. The molecule has 0 unspecified atom stereocenters. The number of nitrogens with one attached hydrogen (secondary N) is 1. The van der Waals surface area contributed by atoms with Gasteiger partial charge in [0.2, 0.25) is 0 Å². The van der Waals surface area contributed by atoms with E-state index in [1.807, 2.05) is 4.58 Å². The lowest BCUT2D eigenvalue weighted by Crippen LogP contribution is -2.12. The minimum Gasteiger partial charge on any atom is -0.220 e. The minimum absolute atomic E-state index is 0.970. The first-order valence-corrected chi connectivity index (χ1v) is 3.52. The average Bonchev–Trinajstić information content (AvgIpc) is 1.88. The summed E-state index contributed by atoms with van der Waals surface area (Å²) in [5.74, 6) is 0. The van der Waals surface area contributed by atoms with Crippen molar-refractivity contribution in [1.82, 2.24) is 0 Å². The number of nitrogens with zero attached hydrogens (tertiary/aromatic N) is 1. The summed E-state index contributed by atoms with van der Waals surface area (Å²) < 4.78 is 1.90. The lowest BCUT2D eigenvalue weighted by atomic mass is 10.4. The predicted octanol–water partition coefficient (Wildman–Crippen LogP) is 1.57. The van der Waals surface area contributed by atoms with Crippen LogP contribution in [-0.2, 0) is 0 Å². The van der Waals surface area contributed by atoms with Crippen LogP contribution in [0.2, 0.25) is 0 Å². The molecule has 9 heavy (non-hydrogen) atoms. The van der Waals surface area contributed by atoms with Gasteiger partial charge in [-0.3, -0.25) is 0 Å². The van der Waals surface area contributed by atoms with Crippen molar-refractivity contribution in [2.24, 2.45) is 0 Å². The van der Waals surface area contributed by atoms with Crippen molar-refractivity contribution in [3.05, 3.63) is 0 Å². The highest BCUT2D eigenvalue weighted by Gasteiger charge is 1.92. The Labute approximate surface area is 56.7 Å². The third-order valence-corrected chi connectivity index (χ3v) is 1.15. The molecule has 0 bridgehead atoms. The van der Waals surface area contributed by atoms with Crippen molar-refractivity contribution in [1.29, 1.82) is 5.41 Å². The summed E-state index contributed by atoms with van der Waals surface area (Å²) in [5, 5.41) is 6.84. The van der Waals surface area contributed by atoms with E-state index in [1.54, 1.807) is 0 Å². The zero-order valence-electron chi connectivity index (χ0n) is 6.28. The molecule has 0 heterocycles. The molecule has 0 aliphatic carbocycles. The van der Waals surface area contributed by atoms with Gasteiger partial charge in [-0.15, -0.1) is 0 Å². The van der Waals surface area contributed by atoms with Gasteiger partial charge in [0.25, 0.3) is 0 Å². The summed E-state index contributed by atoms with van der Waals surface area (Å²) in [6, 6.07) is 2.39. The van der Waals surface area contributed by atoms with Crippen LogP contribution in [0.4, 0.5) is 0 Å². The van der Waals surface area contributed by atoms with Gasteiger partial charge in [-0.2, -0.15) is 0 Å². The normalized spacial score (nSPS) is 8.67. The van der Waals surface area contributed by atoms with Crippen LogP contribution in [-0.4, -0.2) is 23.7 Å². The van der Waals surface area contributed by atoms with Crippen LogP contribution in [0, 0.1) is 5.41 Å². The molecule has 0 amide bonds. The molecule has 0 saturated carbocycles. The van der Waals surface area contributed by atoms with Crippen LogP contribution in [0.1, 0.15) is 26.7 Å².